The number of aryl methyl sites for hydroxylation is 1. The van der Waals surface area contributed by atoms with Gasteiger partial charge in [0.2, 0.25) is 5.91 Å². The van der Waals surface area contributed by atoms with Gasteiger partial charge in [0.15, 0.2) is 0 Å². The highest BCUT2D eigenvalue weighted by Gasteiger charge is 2.37. The Hall–Kier alpha value is -2.81. The number of imidazole rings is 1. The summed E-state index contributed by atoms with van der Waals surface area (Å²) in [6.45, 7) is 9.64. The van der Waals surface area contributed by atoms with Crippen molar-refractivity contribution in [2.75, 3.05) is 32.1 Å². The summed E-state index contributed by atoms with van der Waals surface area (Å²) in [5, 5.41) is 13.9. The first kappa shape index (κ1) is 26.8. The van der Waals surface area contributed by atoms with Crippen molar-refractivity contribution in [2.45, 2.75) is 71.1 Å². The number of halogens is 1. The molecule has 0 saturated carbocycles. The summed E-state index contributed by atoms with van der Waals surface area (Å²) in [6, 6.07) is 9.50. The smallest absolute Gasteiger partial charge is 0.224 e. The predicted octanol–water partition coefficient (Wildman–Crippen LogP) is 4.74. The number of rotatable bonds is 7. The number of benzene rings is 2. The summed E-state index contributed by atoms with van der Waals surface area (Å²) in [6.07, 6.45) is 3.19. The first-order valence-corrected chi connectivity index (χ1v) is 13.6. The Bertz CT molecular complexity index is 1350. The van der Waals surface area contributed by atoms with E-state index in [4.69, 9.17) is 9.72 Å². The van der Waals surface area contributed by atoms with Crippen LogP contribution in [0.1, 0.15) is 62.2 Å². The van der Waals surface area contributed by atoms with Crippen molar-refractivity contribution in [3.8, 4) is 0 Å². The number of carbonyl (C=O) groups excluding carboxylic acids is 1. The summed E-state index contributed by atoms with van der Waals surface area (Å²) < 4.78 is 22.7. The maximum Gasteiger partial charge on any atom is 0.224 e. The Morgan fingerprint density at radius 3 is 2.71 bits per heavy atom. The fourth-order valence-electron chi connectivity index (χ4n) is 6.18. The summed E-state index contributed by atoms with van der Waals surface area (Å²) in [7, 11) is 1.73. The highest BCUT2D eigenvalue weighted by Crippen LogP contribution is 2.36. The molecular weight excluding hydrogens is 483 g/mol. The number of hydrogen-bond acceptors (Lipinski definition) is 5. The molecule has 3 atom stereocenters. The number of likely N-dealkylation sites (tertiary alicyclic amines) is 1. The molecule has 1 aliphatic carbocycles. The van der Waals surface area contributed by atoms with Gasteiger partial charge >= 0.3 is 0 Å². The van der Waals surface area contributed by atoms with Gasteiger partial charge in [0.05, 0.1) is 23.2 Å². The van der Waals surface area contributed by atoms with Gasteiger partial charge in [-0.05, 0) is 80.8 Å². The van der Waals surface area contributed by atoms with Crippen molar-refractivity contribution in [1.29, 1.82) is 0 Å². The van der Waals surface area contributed by atoms with Crippen LogP contribution in [0.4, 0.5) is 10.1 Å². The second-order valence-electron chi connectivity index (χ2n) is 11.5. The number of fused-ring (bicyclic) bond motifs is 2. The van der Waals surface area contributed by atoms with Crippen molar-refractivity contribution in [2.24, 2.45) is 5.92 Å². The van der Waals surface area contributed by atoms with E-state index in [1.807, 2.05) is 17.6 Å². The van der Waals surface area contributed by atoms with E-state index in [2.05, 4.69) is 22.3 Å². The van der Waals surface area contributed by atoms with Gasteiger partial charge in [-0.25, -0.2) is 9.37 Å². The standard InChI is InChI=1S/C30H39FN4O3/c1-6-28(36)32-22-8-7-20-12-19(13-21(20)14-22)16-34-10-9-25(27(17-34)38-5)35-26-15-23(31)18(2)11-24(26)33-29(35)30(3,4)37/h7-8,11,14-15,19,25,27,37H,6,9-10,12-13,16-17H2,1-5H3,(H,32,36)/t19-,25-,27-/m1/s1. The van der Waals surface area contributed by atoms with E-state index in [1.165, 1.54) is 11.1 Å². The van der Waals surface area contributed by atoms with Gasteiger partial charge in [0.25, 0.3) is 0 Å². The number of piperidine rings is 1. The number of carbonyl (C=O) groups is 1. The van der Waals surface area contributed by atoms with Gasteiger partial charge in [-0.1, -0.05) is 13.0 Å². The molecule has 0 radical (unpaired) electrons. The zero-order valence-corrected chi connectivity index (χ0v) is 23.1. The number of aromatic nitrogens is 2. The van der Waals surface area contributed by atoms with E-state index < -0.39 is 5.60 Å². The van der Waals surface area contributed by atoms with Crippen molar-refractivity contribution < 1.29 is 19.0 Å². The van der Waals surface area contributed by atoms with E-state index in [0.717, 1.165) is 44.6 Å². The van der Waals surface area contributed by atoms with Gasteiger partial charge in [0, 0.05) is 44.9 Å². The molecule has 1 amide bonds. The highest BCUT2D eigenvalue weighted by atomic mass is 19.1. The monoisotopic (exact) mass is 522 g/mol. The molecule has 2 heterocycles. The topological polar surface area (TPSA) is 79.6 Å². The number of nitrogens with zero attached hydrogens (tertiary/aromatic N) is 3. The van der Waals surface area contributed by atoms with Crippen molar-refractivity contribution in [3.63, 3.8) is 0 Å². The van der Waals surface area contributed by atoms with Crippen LogP contribution in [0.25, 0.3) is 11.0 Å². The zero-order chi connectivity index (χ0) is 27.2. The molecule has 1 fully saturated rings. The lowest BCUT2D eigenvalue weighted by Gasteiger charge is -2.40. The largest absolute Gasteiger partial charge is 0.383 e. The number of nitrogens with one attached hydrogen (secondary N) is 1. The van der Waals surface area contributed by atoms with E-state index in [-0.39, 0.29) is 23.9 Å². The Morgan fingerprint density at radius 1 is 1.24 bits per heavy atom. The minimum absolute atomic E-state index is 0.0317. The fraction of sp³-hybridized carbons (Fsp3) is 0.533. The minimum atomic E-state index is -1.18. The van der Waals surface area contributed by atoms with Crippen LogP contribution in [0.3, 0.4) is 0 Å². The van der Waals surface area contributed by atoms with E-state index in [0.29, 0.717) is 34.8 Å². The molecular formula is C30H39FN4O3. The van der Waals surface area contributed by atoms with E-state index in [1.54, 1.807) is 40.0 Å². The van der Waals surface area contributed by atoms with Crippen LogP contribution in [0.5, 0.6) is 0 Å². The van der Waals surface area contributed by atoms with Crippen LogP contribution in [0.15, 0.2) is 30.3 Å². The summed E-state index contributed by atoms with van der Waals surface area (Å²) in [5.74, 6) is 0.805. The molecule has 2 aliphatic rings. The molecule has 5 rings (SSSR count). The Kier molecular flexibility index (Phi) is 7.33. The highest BCUT2D eigenvalue weighted by molar-refractivity contribution is 5.90. The van der Waals surface area contributed by atoms with Gasteiger partial charge < -0.3 is 24.6 Å². The van der Waals surface area contributed by atoms with Crippen LogP contribution >= 0.6 is 0 Å². The molecule has 8 heteroatoms. The minimum Gasteiger partial charge on any atom is -0.383 e. The number of ether oxygens (including phenoxy) is 1. The second-order valence-corrected chi connectivity index (χ2v) is 11.5. The average molecular weight is 523 g/mol. The first-order chi connectivity index (χ1) is 18.1. The molecule has 1 aromatic heterocycles. The summed E-state index contributed by atoms with van der Waals surface area (Å²) >= 11 is 0. The van der Waals surface area contributed by atoms with Crippen LogP contribution in [-0.4, -0.2) is 58.3 Å². The molecule has 0 unspecified atom stereocenters. The molecule has 0 spiro atoms. The van der Waals surface area contributed by atoms with Crippen molar-refractivity contribution in [1.82, 2.24) is 14.5 Å². The molecule has 1 aliphatic heterocycles. The van der Waals surface area contributed by atoms with Gasteiger partial charge in [-0.2, -0.15) is 0 Å². The van der Waals surface area contributed by atoms with Crippen molar-refractivity contribution >= 4 is 22.6 Å². The lowest BCUT2D eigenvalue weighted by atomic mass is 9.97. The van der Waals surface area contributed by atoms with Crippen LogP contribution in [0.2, 0.25) is 0 Å². The maximum atomic E-state index is 14.6. The summed E-state index contributed by atoms with van der Waals surface area (Å²) in [4.78, 5) is 19.0. The molecule has 0 bridgehead atoms. The number of methoxy groups -OCH3 is 1. The van der Waals surface area contributed by atoms with Gasteiger partial charge in [-0.3, -0.25) is 4.79 Å². The lowest BCUT2D eigenvalue weighted by Crippen LogP contribution is -2.47. The van der Waals surface area contributed by atoms with Gasteiger partial charge in [0.1, 0.15) is 17.2 Å². The normalized spacial score (nSPS) is 22.1. The van der Waals surface area contributed by atoms with E-state index >= 15 is 0 Å². The first-order valence-electron chi connectivity index (χ1n) is 13.6. The quantitative estimate of drug-likeness (QED) is 0.469. The molecule has 204 valence electrons. The number of anilines is 1. The number of amides is 1. The number of aliphatic hydroxyl groups is 1. The van der Waals surface area contributed by atoms with Crippen molar-refractivity contribution in [3.05, 3.63) is 58.7 Å². The second kappa shape index (κ2) is 10.4. The molecule has 1 saturated heterocycles. The maximum absolute atomic E-state index is 14.6. The van der Waals surface area contributed by atoms with Crippen LogP contribution in [0, 0.1) is 18.7 Å². The predicted molar refractivity (Wildman–Crippen MR) is 147 cm³/mol. The fourth-order valence-corrected chi connectivity index (χ4v) is 6.18. The Labute approximate surface area is 224 Å². The molecule has 7 nitrogen and oxygen atoms in total. The third-order valence-corrected chi connectivity index (χ3v) is 8.10. The molecule has 2 aromatic carbocycles. The van der Waals surface area contributed by atoms with E-state index in [9.17, 15) is 14.3 Å². The third kappa shape index (κ3) is 5.22. The summed E-state index contributed by atoms with van der Waals surface area (Å²) in [5.41, 5.74) is 4.31. The van der Waals surface area contributed by atoms with Gasteiger partial charge in [-0.15, -0.1) is 0 Å². The lowest BCUT2D eigenvalue weighted by molar-refractivity contribution is -0.115. The average Bonchev–Trinajstić information content (AvgIpc) is 3.44. The Morgan fingerprint density at radius 2 is 2.00 bits per heavy atom. The van der Waals surface area contributed by atoms with Crippen LogP contribution < -0.4 is 5.32 Å². The molecule has 38 heavy (non-hydrogen) atoms. The Balaban J connectivity index is 1.32. The third-order valence-electron chi connectivity index (χ3n) is 8.10. The SMILES string of the molecule is CCC(=O)Nc1ccc2c(c1)C[C@H](CN1CC[C@@H](n3c(C(C)(C)O)nc4cc(C)c(F)cc43)[C@H](OC)C1)C2. The molecule has 3 aromatic rings. The zero-order valence-electron chi connectivity index (χ0n) is 23.1. The number of hydrogen-bond donors (Lipinski definition) is 2. The van der Waals surface area contributed by atoms with Crippen LogP contribution in [-0.2, 0) is 28.0 Å². The molecule has 2 N–H and O–H groups in total.